The number of aliphatic hydroxyl groups is 1. The Morgan fingerprint density at radius 2 is 1.89 bits per heavy atom. The van der Waals surface area contributed by atoms with Gasteiger partial charge in [-0.25, -0.2) is 4.98 Å². The van der Waals surface area contributed by atoms with Crippen molar-refractivity contribution in [1.82, 2.24) is 14.5 Å². The number of benzene rings is 2. The zero-order valence-electron chi connectivity index (χ0n) is 22.6. The summed E-state index contributed by atoms with van der Waals surface area (Å²) in [5, 5.41) is 11.4. The molecular weight excluding hydrogens is 470 g/mol. The van der Waals surface area contributed by atoms with Crippen molar-refractivity contribution in [1.29, 1.82) is 0 Å². The van der Waals surface area contributed by atoms with Crippen molar-refractivity contribution in [2.24, 2.45) is 0 Å². The molecule has 4 rings (SSSR count). The SMILES string of the molecule is COc1cc(CN2CCOC[C@@](O)(COc3cc(C)cc(C)c3C)C2)ccc1OCCn1ccnc1C. The fourth-order valence-corrected chi connectivity index (χ4v) is 4.66. The van der Waals surface area contributed by atoms with Gasteiger partial charge in [0.05, 0.1) is 26.9 Å². The van der Waals surface area contributed by atoms with Gasteiger partial charge in [-0.3, -0.25) is 4.90 Å². The van der Waals surface area contributed by atoms with Gasteiger partial charge in [0.15, 0.2) is 11.5 Å². The van der Waals surface area contributed by atoms with E-state index >= 15 is 0 Å². The Kier molecular flexibility index (Phi) is 8.74. The summed E-state index contributed by atoms with van der Waals surface area (Å²) < 4.78 is 25.5. The van der Waals surface area contributed by atoms with Crippen molar-refractivity contribution in [3.05, 3.63) is 70.8 Å². The fraction of sp³-hybridized carbons (Fsp3) is 0.483. The summed E-state index contributed by atoms with van der Waals surface area (Å²) in [6.07, 6.45) is 3.73. The van der Waals surface area contributed by atoms with Gasteiger partial charge >= 0.3 is 0 Å². The van der Waals surface area contributed by atoms with Crippen LogP contribution >= 0.6 is 0 Å². The summed E-state index contributed by atoms with van der Waals surface area (Å²) in [7, 11) is 1.65. The molecule has 0 aliphatic carbocycles. The van der Waals surface area contributed by atoms with E-state index in [4.69, 9.17) is 18.9 Å². The van der Waals surface area contributed by atoms with Gasteiger partial charge in [-0.2, -0.15) is 0 Å². The lowest BCUT2D eigenvalue weighted by molar-refractivity contribution is -0.0648. The maximum absolute atomic E-state index is 11.4. The minimum Gasteiger partial charge on any atom is -0.493 e. The molecule has 1 aliphatic rings. The number of hydrogen-bond donors (Lipinski definition) is 1. The highest BCUT2D eigenvalue weighted by atomic mass is 16.5. The Morgan fingerprint density at radius 1 is 1.05 bits per heavy atom. The van der Waals surface area contributed by atoms with Crippen molar-refractivity contribution in [3.63, 3.8) is 0 Å². The van der Waals surface area contributed by atoms with Crippen LogP contribution in [0.2, 0.25) is 0 Å². The van der Waals surface area contributed by atoms with Crippen LogP contribution in [0.1, 0.15) is 28.1 Å². The molecule has 1 aromatic heterocycles. The summed E-state index contributed by atoms with van der Waals surface area (Å²) in [5.74, 6) is 3.17. The van der Waals surface area contributed by atoms with E-state index in [1.807, 2.05) is 44.3 Å². The number of imidazole rings is 1. The lowest BCUT2D eigenvalue weighted by Crippen LogP contribution is -2.48. The molecule has 0 saturated carbocycles. The monoisotopic (exact) mass is 509 g/mol. The molecule has 1 atom stereocenters. The standard InChI is InChI=1S/C29H39N3O5/c1-21-14-22(2)23(3)27(15-21)37-20-29(33)18-31(10-12-35-19-29)17-25-6-7-26(28(16-25)34-5)36-13-11-32-9-8-30-24(32)4/h6-9,14-16,33H,10-13,17-20H2,1-5H3/t29-/m1/s1. The van der Waals surface area contributed by atoms with Gasteiger partial charge in [0.2, 0.25) is 0 Å². The van der Waals surface area contributed by atoms with Gasteiger partial charge in [0.1, 0.15) is 30.4 Å². The second-order valence-electron chi connectivity index (χ2n) is 9.98. The third kappa shape index (κ3) is 7.03. The first-order valence-corrected chi connectivity index (χ1v) is 12.8. The van der Waals surface area contributed by atoms with E-state index in [1.54, 1.807) is 13.3 Å². The summed E-state index contributed by atoms with van der Waals surface area (Å²) >= 11 is 0. The van der Waals surface area contributed by atoms with Gasteiger partial charge in [-0.1, -0.05) is 12.1 Å². The zero-order chi connectivity index (χ0) is 26.4. The minimum absolute atomic E-state index is 0.166. The van der Waals surface area contributed by atoms with Crippen LogP contribution in [0.4, 0.5) is 0 Å². The third-order valence-electron chi connectivity index (χ3n) is 6.85. The quantitative estimate of drug-likeness (QED) is 0.445. The van der Waals surface area contributed by atoms with E-state index in [1.165, 1.54) is 5.56 Å². The van der Waals surface area contributed by atoms with Crippen molar-refractivity contribution < 1.29 is 24.1 Å². The van der Waals surface area contributed by atoms with Crippen molar-refractivity contribution in [2.75, 3.05) is 46.6 Å². The molecule has 8 heteroatoms. The second kappa shape index (κ2) is 12.0. The predicted molar refractivity (Wildman–Crippen MR) is 143 cm³/mol. The average Bonchev–Trinajstić information content (AvgIpc) is 3.18. The molecule has 0 spiro atoms. The molecule has 0 radical (unpaired) electrons. The number of methoxy groups -OCH3 is 1. The number of nitrogens with zero attached hydrogens (tertiary/aromatic N) is 3. The molecule has 0 unspecified atom stereocenters. The molecule has 8 nitrogen and oxygen atoms in total. The summed E-state index contributed by atoms with van der Waals surface area (Å²) in [6, 6.07) is 10.1. The first-order chi connectivity index (χ1) is 17.8. The Labute approximate surface area is 219 Å². The van der Waals surface area contributed by atoms with Crippen LogP contribution in [0, 0.1) is 27.7 Å². The van der Waals surface area contributed by atoms with E-state index in [0.717, 1.165) is 34.8 Å². The Bertz CT molecular complexity index is 1190. The molecule has 0 amide bonds. The Balaban J connectivity index is 1.37. The maximum Gasteiger partial charge on any atom is 0.161 e. The van der Waals surface area contributed by atoms with E-state index in [9.17, 15) is 5.11 Å². The van der Waals surface area contributed by atoms with E-state index < -0.39 is 5.60 Å². The molecular formula is C29H39N3O5. The molecule has 2 heterocycles. The van der Waals surface area contributed by atoms with Gasteiger partial charge in [-0.05, 0) is 68.1 Å². The molecule has 1 fully saturated rings. The van der Waals surface area contributed by atoms with Crippen LogP contribution in [-0.2, 0) is 17.8 Å². The Hall–Kier alpha value is -3.07. The third-order valence-corrected chi connectivity index (χ3v) is 6.85. The Morgan fingerprint density at radius 3 is 2.65 bits per heavy atom. The normalized spacial score (nSPS) is 18.4. The number of rotatable bonds is 10. The van der Waals surface area contributed by atoms with Gasteiger partial charge in [0.25, 0.3) is 0 Å². The molecule has 200 valence electrons. The highest BCUT2D eigenvalue weighted by molar-refractivity contribution is 5.43. The molecule has 0 bridgehead atoms. The topological polar surface area (TPSA) is 78.2 Å². The van der Waals surface area contributed by atoms with E-state index in [0.29, 0.717) is 44.3 Å². The molecule has 1 N–H and O–H groups in total. The second-order valence-corrected chi connectivity index (χ2v) is 9.98. The van der Waals surface area contributed by atoms with Gasteiger partial charge < -0.3 is 28.6 Å². The number of hydrogen-bond acceptors (Lipinski definition) is 7. The van der Waals surface area contributed by atoms with Gasteiger partial charge in [-0.15, -0.1) is 0 Å². The zero-order valence-corrected chi connectivity index (χ0v) is 22.6. The molecule has 1 saturated heterocycles. The highest BCUT2D eigenvalue weighted by Gasteiger charge is 2.34. The molecule has 1 aliphatic heterocycles. The van der Waals surface area contributed by atoms with E-state index in [-0.39, 0.29) is 13.2 Å². The van der Waals surface area contributed by atoms with Crippen molar-refractivity contribution >= 4 is 0 Å². The summed E-state index contributed by atoms with van der Waals surface area (Å²) in [4.78, 5) is 6.44. The number of β-amino-alcohol motifs (C(OH)–C–C–N with tert-alkyl or cyclic N) is 1. The summed E-state index contributed by atoms with van der Waals surface area (Å²) in [5.41, 5.74) is 3.38. The molecule has 2 aromatic carbocycles. The van der Waals surface area contributed by atoms with Crippen LogP contribution in [0.5, 0.6) is 17.2 Å². The lowest BCUT2D eigenvalue weighted by atomic mass is 10.0. The van der Waals surface area contributed by atoms with Crippen LogP contribution in [-0.4, -0.2) is 71.8 Å². The largest absolute Gasteiger partial charge is 0.493 e. The first kappa shape index (κ1) is 27.0. The highest BCUT2D eigenvalue weighted by Crippen LogP contribution is 2.29. The van der Waals surface area contributed by atoms with Crippen LogP contribution in [0.25, 0.3) is 0 Å². The number of aromatic nitrogens is 2. The predicted octanol–water partition coefficient (Wildman–Crippen LogP) is 3.85. The molecule has 37 heavy (non-hydrogen) atoms. The summed E-state index contributed by atoms with van der Waals surface area (Å²) in [6.45, 7) is 12.1. The van der Waals surface area contributed by atoms with Crippen LogP contribution < -0.4 is 14.2 Å². The van der Waals surface area contributed by atoms with Crippen LogP contribution in [0.3, 0.4) is 0 Å². The number of ether oxygens (including phenoxy) is 4. The maximum atomic E-state index is 11.4. The van der Waals surface area contributed by atoms with E-state index in [2.05, 4.69) is 34.4 Å². The lowest BCUT2D eigenvalue weighted by Gasteiger charge is -2.31. The average molecular weight is 510 g/mol. The molecule has 3 aromatic rings. The van der Waals surface area contributed by atoms with Gasteiger partial charge in [0, 0.05) is 32.0 Å². The van der Waals surface area contributed by atoms with Crippen molar-refractivity contribution in [3.8, 4) is 17.2 Å². The number of aryl methyl sites for hydroxylation is 3. The first-order valence-electron chi connectivity index (χ1n) is 12.8. The fourth-order valence-electron chi connectivity index (χ4n) is 4.66. The smallest absolute Gasteiger partial charge is 0.161 e. The van der Waals surface area contributed by atoms with Crippen molar-refractivity contribution in [2.45, 2.75) is 46.4 Å². The minimum atomic E-state index is -1.11. The van der Waals surface area contributed by atoms with Crippen LogP contribution in [0.15, 0.2) is 42.7 Å².